The van der Waals surface area contributed by atoms with E-state index in [-0.39, 0.29) is 5.91 Å². The lowest BCUT2D eigenvalue weighted by molar-refractivity contribution is 0.100. The predicted molar refractivity (Wildman–Crippen MR) is 134 cm³/mol. The van der Waals surface area contributed by atoms with Crippen molar-refractivity contribution in [3.63, 3.8) is 0 Å². The van der Waals surface area contributed by atoms with Gasteiger partial charge in [-0.2, -0.15) is 0 Å². The molecule has 3 aromatic carbocycles. The Balaban J connectivity index is 1.71. The van der Waals surface area contributed by atoms with Gasteiger partial charge in [-0.25, -0.2) is 4.99 Å². The molecular weight excluding hydrogens is 408 g/mol. The van der Waals surface area contributed by atoms with E-state index in [1.54, 1.807) is 11.1 Å². The highest BCUT2D eigenvalue weighted by molar-refractivity contribution is 6.40. The predicted octanol–water partition coefficient (Wildman–Crippen LogP) is 6.08. The third-order valence-corrected chi connectivity index (χ3v) is 6.46. The number of fused-ring (bicyclic) bond motifs is 4. The molecule has 1 aliphatic rings. The molecule has 0 N–H and O–H groups in total. The molecule has 0 saturated heterocycles. The van der Waals surface area contributed by atoms with Gasteiger partial charge in [0.15, 0.2) is 5.84 Å². The van der Waals surface area contributed by atoms with Gasteiger partial charge < -0.3 is 4.57 Å². The van der Waals surface area contributed by atoms with Crippen LogP contribution in [0.5, 0.6) is 0 Å². The maximum atomic E-state index is 14.0. The van der Waals surface area contributed by atoms with Crippen LogP contribution in [-0.2, 0) is 7.05 Å². The number of pyridine rings is 1. The van der Waals surface area contributed by atoms with Crippen molar-refractivity contribution in [3.8, 4) is 0 Å². The molecule has 0 atom stereocenters. The number of aromatic nitrogens is 2. The molecule has 3 heterocycles. The number of carbonyl (C=O) groups is 1. The number of amidine groups is 1. The maximum Gasteiger partial charge on any atom is 0.281 e. The molecule has 0 spiro atoms. The average molecular weight is 431 g/mol. The van der Waals surface area contributed by atoms with Crippen LogP contribution in [-0.4, -0.2) is 21.3 Å². The highest BCUT2D eigenvalue weighted by Gasteiger charge is 2.40. The lowest BCUT2D eigenvalue weighted by Gasteiger charge is -2.20. The van der Waals surface area contributed by atoms with Crippen molar-refractivity contribution in [2.24, 2.45) is 12.0 Å². The number of nitrogens with zero attached hydrogens (tertiary/aromatic N) is 4. The number of carbonyl (C=O) groups excluding carboxylic acids is 1. The van der Waals surface area contributed by atoms with Crippen molar-refractivity contribution in [1.82, 2.24) is 9.55 Å². The van der Waals surface area contributed by atoms with E-state index in [0.29, 0.717) is 11.5 Å². The van der Waals surface area contributed by atoms with E-state index in [9.17, 15) is 4.79 Å². The summed E-state index contributed by atoms with van der Waals surface area (Å²) >= 11 is 0. The third-order valence-electron chi connectivity index (χ3n) is 6.46. The van der Waals surface area contributed by atoms with E-state index < -0.39 is 0 Å². The van der Waals surface area contributed by atoms with Crippen molar-refractivity contribution in [2.75, 3.05) is 4.90 Å². The van der Waals surface area contributed by atoms with E-state index in [1.165, 1.54) is 0 Å². The zero-order chi connectivity index (χ0) is 22.7. The second kappa shape index (κ2) is 7.14. The third kappa shape index (κ3) is 2.75. The van der Waals surface area contributed by atoms with Gasteiger partial charge >= 0.3 is 0 Å². The first-order chi connectivity index (χ1) is 16.1. The van der Waals surface area contributed by atoms with Crippen molar-refractivity contribution in [2.45, 2.75) is 13.8 Å². The number of hydrogen-bond acceptors (Lipinski definition) is 3. The molecule has 0 unspecified atom stereocenters. The summed E-state index contributed by atoms with van der Waals surface area (Å²) < 4.78 is 1.98. The Bertz CT molecular complexity index is 1600. The van der Waals surface area contributed by atoms with Crippen LogP contribution in [0.4, 0.5) is 11.4 Å². The number of amides is 1. The maximum absolute atomic E-state index is 14.0. The summed E-state index contributed by atoms with van der Waals surface area (Å²) in [5, 5.41) is 2.00. The summed E-state index contributed by atoms with van der Waals surface area (Å²) in [6.45, 7) is 4.11. The molecule has 0 fully saturated rings. The molecule has 0 saturated carbocycles. The average Bonchev–Trinajstić information content (AvgIpc) is 3.28. The largest absolute Gasteiger partial charge is 0.339 e. The zero-order valence-electron chi connectivity index (χ0n) is 18.7. The minimum atomic E-state index is -0.0909. The van der Waals surface area contributed by atoms with Gasteiger partial charge in [0.25, 0.3) is 5.91 Å². The number of aliphatic imine (C=N–C) groups is 1. The lowest BCUT2D eigenvalue weighted by atomic mass is 10.1. The summed E-state index contributed by atoms with van der Waals surface area (Å²) in [5.74, 6) is 0.550. The summed E-state index contributed by atoms with van der Waals surface area (Å²) in [5.41, 5.74) is 7.07. The standard InChI is InChI=1S/C28H22N4O/c1-17-9-6-10-18(2)24(17)30-27-23-20-13-4-5-14-21(20)31(3)26(23)28(33)32(27)22-15-7-11-19-12-8-16-29-25(19)22/h4-16H,1-3H3. The Hall–Kier alpha value is -4.25. The first kappa shape index (κ1) is 19.4. The van der Waals surface area contributed by atoms with Gasteiger partial charge in [0, 0.05) is 29.5 Å². The van der Waals surface area contributed by atoms with Crippen LogP contribution in [0, 0.1) is 13.8 Å². The summed E-state index contributed by atoms with van der Waals surface area (Å²) in [6, 6.07) is 24.1. The number of benzene rings is 3. The topological polar surface area (TPSA) is 50.5 Å². The molecule has 33 heavy (non-hydrogen) atoms. The molecule has 5 aromatic rings. The second-order valence-corrected chi connectivity index (χ2v) is 8.47. The van der Waals surface area contributed by atoms with Crippen molar-refractivity contribution >= 4 is 44.9 Å². The van der Waals surface area contributed by atoms with Crippen LogP contribution in [0.25, 0.3) is 21.8 Å². The molecule has 5 nitrogen and oxygen atoms in total. The van der Waals surface area contributed by atoms with E-state index in [2.05, 4.69) is 37.0 Å². The van der Waals surface area contributed by atoms with Gasteiger partial charge in [0.05, 0.1) is 22.5 Å². The molecule has 1 amide bonds. The summed E-state index contributed by atoms with van der Waals surface area (Å²) in [6.07, 6.45) is 1.76. The Kier molecular flexibility index (Phi) is 4.20. The van der Waals surface area contributed by atoms with Gasteiger partial charge in [-0.1, -0.05) is 54.6 Å². The molecule has 160 valence electrons. The summed E-state index contributed by atoms with van der Waals surface area (Å²) in [4.78, 5) is 25.5. The lowest BCUT2D eigenvalue weighted by Crippen LogP contribution is -2.31. The molecule has 0 bridgehead atoms. The van der Waals surface area contributed by atoms with Crippen LogP contribution in [0.15, 0.2) is 84.0 Å². The van der Waals surface area contributed by atoms with E-state index in [4.69, 9.17) is 4.99 Å². The van der Waals surface area contributed by atoms with Crippen molar-refractivity contribution in [1.29, 1.82) is 0 Å². The molecule has 5 heteroatoms. The Morgan fingerprint density at radius 3 is 2.39 bits per heavy atom. The number of anilines is 1. The van der Waals surface area contributed by atoms with Gasteiger partial charge in [-0.15, -0.1) is 0 Å². The molecule has 1 aliphatic heterocycles. The van der Waals surface area contributed by atoms with Gasteiger partial charge in [-0.05, 0) is 43.2 Å². The SMILES string of the molecule is Cc1cccc(C)c1N=C1c2c(n(C)c3ccccc23)C(=O)N1c1cccc2cccnc12. The van der Waals surface area contributed by atoms with Gasteiger partial charge in [-0.3, -0.25) is 14.7 Å². The van der Waals surface area contributed by atoms with Crippen LogP contribution in [0.3, 0.4) is 0 Å². The first-order valence-corrected chi connectivity index (χ1v) is 11.0. The first-order valence-electron chi connectivity index (χ1n) is 11.0. The molecule has 6 rings (SSSR count). The quantitative estimate of drug-likeness (QED) is 0.341. The van der Waals surface area contributed by atoms with E-state index in [0.717, 1.165) is 49.9 Å². The van der Waals surface area contributed by atoms with Crippen molar-refractivity contribution in [3.05, 3.63) is 101 Å². The Labute approximate surface area is 191 Å². The Morgan fingerprint density at radius 2 is 1.58 bits per heavy atom. The normalized spacial score (nSPS) is 14.6. The fraction of sp³-hybridized carbons (Fsp3) is 0.107. The number of hydrogen-bond donors (Lipinski definition) is 0. The van der Waals surface area contributed by atoms with Gasteiger partial charge in [0.2, 0.25) is 0 Å². The smallest absolute Gasteiger partial charge is 0.281 e. The number of rotatable bonds is 2. The molecular formula is C28H22N4O. The summed E-state index contributed by atoms with van der Waals surface area (Å²) in [7, 11) is 1.94. The minimum absolute atomic E-state index is 0.0909. The second-order valence-electron chi connectivity index (χ2n) is 8.47. The van der Waals surface area contributed by atoms with Crippen molar-refractivity contribution < 1.29 is 4.79 Å². The number of aryl methyl sites for hydroxylation is 3. The van der Waals surface area contributed by atoms with Gasteiger partial charge in [0.1, 0.15) is 5.69 Å². The van der Waals surface area contributed by atoms with Crippen LogP contribution < -0.4 is 4.90 Å². The van der Waals surface area contributed by atoms with Crippen LogP contribution in [0.1, 0.15) is 27.2 Å². The highest BCUT2D eigenvalue weighted by atomic mass is 16.2. The fourth-order valence-corrected chi connectivity index (χ4v) is 4.87. The van der Waals surface area contributed by atoms with E-state index in [1.807, 2.05) is 66.2 Å². The van der Waals surface area contributed by atoms with Crippen LogP contribution in [0.2, 0.25) is 0 Å². The highest BCUT2D eigenvalue weighted by Crippen LogP contribution is 2.39. The monoisotopic (exact) mass is 430 g/mol. The zero-order valence-corrected chi connectivity index (χ0v) is 18.7. The molecule has 0 aliphatic carbocycles. The van der Waals surface area contributed by atoms with Crippen LogP contribution >= 0.6 is 0 Å². The minimum Gasteiger partial charge on any atom is -0.339 e. The molecule has 0 radical (unpaired) electrons. The number of para-hydroxylation sites is 3. The molecule has 2 aromatic heterocycles. The fourth-order valence-electron chi connectivity index (χ4n) is 4.87. The Morgan fingerprint density at radius 1 is 0.848 bits per heavy atom. The van der Waals surface area contributed by atoms with E-state index >= 15 is 0 Å².